The third kappa shape index (κ3) is 13.1. The molecule has 0 fully saturated rings. The highest BCUT2D eigenvalue weighted by atomic mass is 16.6. The molecule has 0 saturated carbocycles. The zero-order chi connectivity index (χ0) is 28.7. The van der Waals surface area contributed by atoms with Gasteiger partial charge in [0, 0.05) is 38.5 Å². The normalized spacial score (nSPS) is 15.3. The minimum absolute atomic E-state index is 0.0281. The summed E-state index contributed by atoms with van der Waals surface area (Å²) < 4.78 is 26.6. The van der Waals surface area contributed by atoms with Gasteiger partial charge in [-0.1, -0.05) is 17.7 Å². The van der Waals surface area contributed by atoms with E-state index in [4.69, 9.17) is 23.7 Å². The van der Waals surface area contributed by atoms with Crippen molar-refractivity contribution in [3.05, 3.63) is 29.3 Å². The first-order valence-electron chi connectivity index (χ1n) is 13.5. The zero-order valence-electron chi connectivity index (χ0n) is 24.0. The Morgan fingerprint density at radius 1 is 1.03 bits per heavy atom. The number of hydrogen-bond acceptors (Lipinski definition) is 9. The van der Waals surface area contributed by atoms with Crippen molar-refractivity contribution in [2.24, 2.45) is 0 Å². The maximum atomic E-state index is 13.1. The van der Waals surface area contributed by atoms with Gasteiger partial charge < -0.3 is 39.2 Å². The number of ether oxygens (including phenoxy) is 5. The zero-order valence-corrected chi connectivity index (χ0v) is 24.0. The molecular formula is C28H45N3O8. The highest BCUT2D eigenvalue weighted by Gasteiger charge is 2.31. The minimum atomic E-state index is -0.667. The molecule has 1 aromatic rings. The molecule has 2 amide bonds. The van der Waals surface area contributed by atoms with Gasteiger partial charge in [-0.25, -0.2) is 4.79 Å². The fourth-order valence-corrected chi connectivity index (χ4v) is 3.90. The van der Waals surface area contributed by atoms with Crippen LogP contribution in [0.2, 0.25) is 0 Å². The van der Waals surface area contributed by atoms with Crippen molar-refractivity contribution < 1.29 is 38.1 Å². The summed E-state index contributed by atoms with van der Waals surface area (Å²) in [7, 11) is 1.32. The van der Waals surface area contributed by atoms with Crippen molar-refractivity contribution in [3.8, 4) is 0 Å². The number of benzene rings is 1. The Labute approximate surface area is 231 Å². The topological polar surface area (TPSA) is 125 Å². The van der Waals surface area contributed by atoms with Crippen LogP contribution in [0.25, 0.3) is 0 Å². The molecule has 1 aliphatic rings. The van der Waals surface area contributed by atoms with Crippen LogP contribution >= 0.6 is 0 Å². The van der Waals surface area contributed by atoms with E-state index in [1.54, 1.807) is 4.90 Å². The number of rotatable bonds is 16. The molecule has 0 aliphatic carbocycles. The lowest BCUT2D eigenvalue weighted by molar-refractivity contribution is -0.144. The second-order valence-electron chi connectivity index (χ2n) is 10.4. The highest BCUT2D eigenvalue weighted by molar-refractivity contribution is 5.90. The van der Waals surface area contributed by atoms with Crippen molar-refractivity contribution in [2.45, 2.75) is 65.1 Å². The number of carbonyl (C=O) groups excluding carboxylic acids is 3. The number of amides is 2. The van der Waals surface area contributed by atoms with Gasteiger partial charge in [0.2, 0.25) is 5.91 Å². The monoisotopic (exact) mass is 551 g/mol. The summed E-state index contributed by atoms with van der Waals surface area (Å²) in [5.41, 5.74) is 2.48. The summed E-state index contributed by atoms with van der Waals surface area (Å²) in [6.45, 7) is 11.8. The van der Waals surface area contributed by atoms with Crippen LogP contribution in [0.4, 0.5) is 10.5 Å². The molecule has 1 heterocycles. The highest BCUT2D eigenvalue weighted by Crippen LogP contribution is 2.25. The van der Waals surface area contributed by atoms with Crippen LogP contribution in [0, 0.1) is 6.92 Å². The first-order valence-corrected chi connectivity index (χ1v) is 13.5. The largest absolute Gasteiger partial charge is 0.469 e. The van der Waals surface area contributed by atoms with Crippen molar-refractivity contribution in [1.82, 2.24) is 10.2 Å². The number of anilines is 1. The number of hydrogen-bond donors (Lipinski definition) is 2. The summed E-state index contributed by atoms with van der Waals surface area (Å²) in [6.07, 6.45) is 0.897. The molecule has 220 valence electrons. The second-order valence-corrected chi connectivity index (χ2v) is 10.4. The standard InChI is InChI=1S/C28H45N3O8/c1-21-8-9-23-22(18-21)20-31(26(33)24(30-23)19-25(32)35-5)11-7-13-37-15-17-38-16-14-36-12-6-10-29-27(34)39-28(2,3)4/h8-9,18,24,30H,6-7,10-17,19-20H2,1-5H3,(H,29,34)/t24-/m1/s1. The van der Waals surface area contributed by atoms with Crippen LogP contribution in [-0.2, 0) is 39.8 Å². The fraction of sp³-hybridized carbons (Fsp3) is 0.679. The Kier molecular flexibility index (Phi) is 14.0. The van der Waals surface area contributed by atoms with Gasteiger partial charge in [0.1, 0.15) is 11.6 Å². The summed E-state index contributed by atoms with van der Waals surface area (Å²) in [5, 5.41) is 5.91. The SMILES string of the molecule is COC(=O)C[C@H]1Nc2ccc(C)cc2CN(CCCOCCOCCOCCCNC(=O)OC(C)(C)C)C1=O. The number of nitrogens with one attached hydrogen (secondary N) is 2. The number of fused-ring (bicyclic) bond motifs is 1. The maximum absolute atomic E-state index is 13.1. The minimum Gasteiger partial charge on any atom is -0.469 e. The van der Waals surface area contributed by atoms with E-state index in [0.717, 1.165) is 16.8 Å². The number of methoxy groups -OCH3 is 1. The predicted molar refractivity (Wildman–Crippen MR) is 147 cm³/mol. The Morgan fingerprint density at radius 3 is 2.31 bits per heavy atom. The summed E-state index contributed by atoms with van der Waals surface area (Å²) in [4.78, 5) is 38.3. The van der Waals surface area contributed by atoms with Gasteiger partial charge in [0.25, 0.3) is 0 Å². The average molecular weight is 552 g/mol. The molecule has 0 saturated heterocycles. The van der Waals surface area contributed by atoms with E-state index in [-0.39, 0.29) is 12.3 Å². The van der Waals surface area contributed by atoms with Gasteiger partial charge in [-0.05, 0) is 52.2 Å². The molecule has 2 rings (SSSR count). The molecule has 0 bridgehead atoms. The van der Waals surface area contributed by atoms with Crippen LogP contribution in [0.5, 0.6) is 0 Å². The third-order valence-electron chi connectivity index (χ3n) is 5.75. The number of carbonyl (C=O) groups is 3. The summed E-state index contributed by atoms with van der Waals surface area (Å²) in [6, 6.07) is 5.32. The second kappa shape index (κ2) is 16.9. The van der Waals surface area contributed by atoms with Crippen molar-refractivity contribution >= 4 is 23.7 Å². The maximum Gasteiger partial charge on any atom is 0.407 e. The molecule has 0 spiro atoms. The van der Waals surface area contributed by atoms with Gasteiger partial charge in [-0.2, -0.15) is 0 Å². The Morgan fingerprint density at radius 2 is 1.67 bits per heavy atom. The van der Waals surface area contributed by atoms with Crippen LogP contribution in [0.3, 0.4) is 0 Å². The van der Waals surface area contributed by atoms with Crippen LogP contribution in [0.1, 0.15) is 51.2 Å². The molecule has 1 atom stereocenters. The molecule has 1 aromatic carbocycles. The molecule has 39 heavy (non-hydrogen) atoms. The molecule has 1 aliphatic heterocycles. The molecule has 2 N–H and O–H groups in total. The molecule has 0 radical (unpaired) electrons. The molecule has 0 unspecified atom stereocenters. The van der Waals surface area contributed by atoms with E-state index in [2.05, 4.69) is 16.7 Å². The van der Waals surface area contributed by atoms with E-state index in [0.29, 0.717) is 72.1 Å². The molecular weight excluding hydrogens is 506 g/mol. The number of aryl methyl sites for hydroxylation is 1. The number of nitrogens with zero attached hydrogens (tertiary/aromatic N) is 1. The van der Waals surface area contributed by atoms with Crippen molar-refractivity contribution in [2.75, 3.05) is 65.2 Å². The number of esters is 1. The van der Waals surface area contributed by atoms with Crippen LogP contribution in [-0.4, -0.2) is 94.4 Å². The van der Waals surface area contributed by atoms with Gasteiger partial charge in [0.05, 0.1) is 40.0 Å². The van der Waals surface area contributed by atoms with E-state index in [1.807, 2.05) is 39.8 Å². The van der Waals surface area contributed by atoms with Gasteiger partial charge >= 0.3 is 12.1 Å². The molecule has 0 aromatic heterocycles. The molecule has 11 heteroatoms. The van der Waals surface area contributed by atoms with Gasteiger partial charge in [-0.15, -0.1) is 0 Å². The van der Waals surface area contributed by atoms with E-state index in [1.165, 1.54) is 7.11 Å². The van der Waals surface area contributed by atoms with Crippen LogP contribution in [0.15, 0.2) is 18.2 Å². The lowest BCUT2D eigenvalue weighted by atomic mass is 10.1. The smallest absolute Gasteiger partial charge is 0.407 e. The Hall–Kier alpha value is -2.89. The van der Waals surface area contributed by atoms with E-state index < -0.39 is 23.7 Å². The third-order valence-corrected chi connectivity index (χ3v) is 5.75. The first kappa shape index (κ1) is 32.3. The number of alkyl carbamates (subject to hydrolysis) is 1. The van der Waals surface area contributed by atoms with Crippen molar-refractivity contribution in [3.63, 3.8) is 0 Å². The lowest BCUT2D eigenvalue weighted by Crippen LogP contribution is -2.42. The predicted octanol–water partition coefficient (Wildman–Crippen LogP) is 3.04. The lowest BCUT2D eigenvalue weighted by Gasteiger charge is -2.24. The summed E-state index contributed by atoms with van der Waals surface area (Å²) >= 11 is 0. The van der Waals surface area contributed by atoms with Crippen molar-refractivity contribution in [1.29, 1.82) is 0 Å². The first-order chi connectivity index (χ1) is 18.6. The van der Waals surface area contributed by atoms with Gasteiger partial charge in [-0.3, -0.25) is 9.59 Å². The average Bonchev–Trinajstić information content (AvgIpc) is 2.99. The van der Waals surface area contributed by atoms with E-state index in [9.17, 15) is 14.4 Å². The Balaban J connectivity index is 1.56. The molecule has 11 nitrogen and oxygen atoms in total. The van der Waals surface area contributed by atoms with Crippen LogP contribution < -0.4 is 10.6 Å². The fourth-order valence-electron chi connectivity index (χ4n) is 3.90. The van der Waals surface area contributed by atoms with Gasteiger partial charge in [0.15, 0.2) is 0 Å². The summed E-state index contributed by atoms with van der Waals surface area (Å²) in [5.74, 6) is -0.557. The quantitative estimate of drug-likeness (QED) is 0.236. The van der Waals surface area contributed by atoms with E-state index >= 15 is 0 Å². The Bertz CT molecular complexity index is 919.